The molecule has 0 bridgehead atoms. The lowest BCUT2D eigenvalue weighted by atomic mass is 9.80. The van der Waals surface area contributed by atoms with Crippen LogP contribution in [-0.4, -0.2) is 40.3 Å². The second kappa shape index (κ2) is 10.9. The van der Waals surface area contributed by atoms with Gasteiger partial charge in [0.25, 0.3) is 5.56 Å². The number of pyridine rings is 1. The molecule has 8 heteroatoms. The molecule has 38 heavy (non-hydrogen) atoms. The monoisotopic (exact) mass is 579 g/mol. The molecule has 2 atom stereocenters. The summed E-state index contributed by atoms with van der Waals surface area (Å²) < 4.78 is 16.1. The summed E-state index contributed by atoms with van der Waals surface area (Å²) in [5.41, 5.74) is 3.22. The van der Waals surface area contributed by atoms with Gasteiger partial charge in [0.05, 0.1) is 5.92 Å². The summed E-state index contributed by atoms with van der Waals surface area (Å²) >= 11 is 3.59. The topological polar surface area (TPSA) is 71.4 Å². The molecule has 1 aliphatic heterocycles. The molecular formula is C30H31BrFN3O3. The Kier molecular flexibility index (Phi) is 7.63. The molecule has 1 aromatic heterocycles. The summed E-state index contributed by atoms with van der Waals surface area (Å²) in [6.45, 7) is 3.59. The van der Waals surface area contributed by atoms with Crippen molar-refractivity contribution < 1.29 is 14.0 Å². The van der Waals surface area contributed by atoms with Crippen molar-refractivity contribution in [3.05, 3.63) is 103 Å². The molecule has 2 aliphatic rings. The van der Waals surface area contributed by atoms with Crippen LogP contribution in [0.5, 0.6) is 0 Å². The van der Waals surface area contributed by atoms with E-state index in [0.717, 1.165) is 47.0 Å². The molecule has 1 N–H and O–H groups in total. The third-order valence-corrected chi connectivity index (χ3v) is 8.54. The van der Waals surface area contributed by atoms with E-state index < -0.39 is 5.82 Å². The molecule has 1 aliphatic carbocycles. The van der Waals surface area contributed by atoms with E-state index in [1.165, 1.54) is 22.8 Å². The van der Waals surface area contributed by atoms with E-state index in [2.05, 4.69) is 21.2 Å². The molecule has 3 aromatic rings. The number of amides is 1. The number of aromatic nitrogens is 1. The van der Waals surface area contributed by atoms with E-state index in [4.69, 9.17) is 0 Å². The van der Waals surface area contributed by atoms with Crippen LogP contribution in [0.2, 0.25) is 0 Å². The van der Waals surface area contributed by atoms with Crippen molar-refractivity contribution in [1.29, 1.82) is 0 Å². The first kappa shape index (κ1) is 26.5. The SMILES string of the molecule is Cc1c(Br)cc(CN(C(=O)C2CNCC[C@@H]2c2ccn(C)c(=O)c2)C2CC2)cc1C(=O)c1cccc(F)c1. The fourth-order valence-electron chi connectivity index (χ4n) is 5.34. The van der Waals surface area contributed by atoms with Crippen LogP contribution >= 0.6 is 15.9 Å². The van der Waals surface area contributed by atoms with Gasteiger partial charge in [-0.2, -0.15) is 0 Å². The normalized spacial score (nSPS) is 19.3. The molecule has 1 saturated heterocycles. The maximum atomic E-state index is 14.0. The van der Waals surface area contributed by atoms with Crippen molar-refractivity contribution in [3.8, 4) is 0 Å². The summed E-state index contributed by atoms with van der Waals surface area (Å²) in [4.78, 5) is 41.6. The van der Waals surface area contributed by atoms with Gasteiger partial charge in [0.15, 0.2) is 5.78 Å². The number of benzene rings is 2. The Balaban J connectivity index is 1.43. The van der Waals surface area contributed by atoms with Crippen molar-refractivity contribution >= 4 is 27.6 Å². The van der Waals surface area contributed by atoms with Gasteiger partial charge < -0.3 is 14.8 Å². The minimum atomic E-state index is -0.457. The lowest BCUT2D eigenvalue weighted by molar-refractivity contribution is -0.138. The summed E-state index contributed by atoms with van der Waals surface area (Å²) in [5, 5.41) is 3.37. The van der Waals surface area contributed by atoms with Crippen molar-refractivity contribution in [3.63, 3.8) is 0 Å². The van der Waals surface area contributed by atoms with Crippen molar-refractivity contribution in [2.45, 2.75) is 44.7 Å². The first-order chi connectivity index (χ1) is 18.2. The van der Waals surface area contributed by atoms with Crippen molar-refractivity contribution in [2.75, 3.05) is 13.1 Å². The molecular weight excluding hydrogens is 549 g/mol. The number of aryl methyl sites for hydroxylation is 1. The zero-order valence-corrected chi connectivity index (χ0v) is 23.1. The average molecular weight is 580 g/mol. The Morgan fingerprint density at radius 1 is 1.13 bits per heavy atom. The Hall–Kier alpha value is -3.10. The quantitative estimate of drug-likeness (QED) is 0.411. The van der Waals surface area contributed by atoms with Gasteiger partial charge in [-0.15, -0.1) is 0 Å². The largest absolute Gasteiger partial charge is 0.335 e. The molecule has 2 fully saturated rings. The van der Waals surface area contributed by atoms with E-state index >= 15 is 0 Å². The standard InChI is InChI=1S/C30H31BrFN3O3/c1-18-25(29(37)21-4-3-5-22(32)14-21)12-19(13-27(18)31)17-35(23-6-7-23)30(38)26-16-33-10-8-24(26)20-9-11-34(2)28(36)15-20/h3-5,9,11-15,23-24,26,33H,6-8,10,16-17H2,1-2H3/t24-,26?/m1/s1. The van der Waals surface area contributed by atoms with Crippen LogP contribution < -0.4 is 10.9 Å². The van der Waals surface area contributed by atoms with Gasteiger partial charge in [0.2, 0.25) is 5.91 Å². The lowest BCUT2D eigenvalue weighted by Gasteiger charge is -2.36. The van der Waals surface area contributed by atoms with Crippen molar-refractivity contribution in [2.24, 2.45) is 13.0 Å². The fourth-order valence-corrected chi connectivity index (χ4v) is 5.85. The number of ketones is 1. The number of nitrogens with zero attached hydrogens (tertiary/aromatic N) is 2. The predicted octanol–water partition coefficient (Wildman–Crippen LogP) is 4.71. The summed E-state index contributed by atoms with van der Waals surface area (Å²) in [6.07, 6.45) is 4.44. The number of hydrogen-bond donors (Lipinski definition) is 1. The van der Waals surface area contributed by atoms with Gasteiger partial charge in [0.1, 0.15) is 5.82 Å². The first-order valence-corrected chi connectivity index (χ1v) is 13.8. The van der Waals surface area contributed by atoms with E-state index in [-0.39, 0.29) is 40.7 Å². The highest BCUT2D eigenvalue weighted by Crippen LogP contribution is 2.36. The minimum absolute atomic E-state index is 0.0335. The second-order valence-corrected chi connectivity index (χ2v) is 11.3. The first-order valence-electron chi connectivity index (χ1n) is 13.0. The minimum Gasteiger partial charge on any atom is -0.335 e. The summed E-state index contributed by atoms with van der Waals surface area (Å²) in [7, 11) is 1.72. The number of hydrogen-bond acceptors (Lipinski definition) is 4. The maximum Gasteiger partial charge on any atom is 0.250 e. The zero-order valence-electron chi connectivity index (χ0n) is 21.5. The zero-order chi connectivity index (χ0) is 27.0. The predicted molar refractivity (Wildman–Crippen MR) is 148 cm³/mol. The third kappa shape index (κ3) is 5.52. The Labute approximate surface area is 230 Å². The van der Waals surface area contributed by atoms with Crippen LogP contribution in [0.25, 0.3) is 0 Å². The summed E-state index contributed by atoms with van der Waals surface area (Å²) in [5.74, 6) is -0.954. The van der Waals surface area contributed by atoms with Gasteiger partial charge >= 0.3 is 0 Å². The van der Waals surface area contributed by atoms with E-state index in [0.29, 0.717) is 18.7 Å². The molecule has 0 radical (unpaired) electrons. The highest BCUT2D eigenvalue weighted by atomic mass is 79.9. The molecule has 198 valence electrons. The van der Waals surface area contributed by atoms with Gasteiger partial charge in [0, 0.05) is 54.0 Å². The summed E-state index contributed by atoms with van der Waals surface area (Å²) in [6, 6.07) is 13.2. The van der Waals surface area contributed by atoms with Gasteiger partial charge in [-0.3, -0.25) is 14.4 Å². The van der Waals surface area contributed by atoms with Crippen LogP contribution in [0.3, 0.4) is 0 Å². The number of rotatable bonds is 7. The number of carbonyl (C=O) groups excluding carboxylic acids is 2. The maximum absolute atomic E-state index is 14.0. The van der Waals surface area contributed by atoms with Crippen LogP contribution in [0.4, 0.5) is 4.39 Å². The van der Waals surface area contributed by atoms with Crippen LogP contribution in [-0.2, 0) is 18.4 Å². The molecule has 6 nitrogen and oxygen atoms in total. The van der Waals surface area contributed by atoms with Crippen molar-refractivity contribution in [1.82, 2.24) is 14.8 Å². The van der Waals surface area contributed by atoms with E-state index in [1.54, 1.807) is 25.4 Å². The highest BCUT2D eigenvalue weighted by Gasteiger charge is 2.40. The van der Waals surface area contributed by atoms with Gasteiger partial charge in [-0.05, 0) is 85.7 Å². The van der Waals surface area contributed by atoms with Gasteiger partial charge in [-0.25, -0.2) is 4.39 Å². The van der Waals surface area contributed by atoms with E-state index in [1.807, 2.05) is 30.0 Å². The fraction of sp³-hybridized carbons (Fsp3) is 0.367. The molecule has 1 amide bonds. The Bertz CT molecular complexity index is 1450. The molecule has 2 aromatic carbocycles. The number of piperidine rings is 1. The second-order valence-electron chi connectivity index (χ2n) is 10.4. The number of halogens is 2. The number of nitrogens with one attached hydrogen (secondary N) is 1. The highest BCUT2D eigenvalue weighted by molar-refractivity contribution is 9.10. The molecule has 0 spiro atoms. The average Bonchev–Trinajstić information content (AvgIpc) is 3.75. The van der Waals surface area contributed by atoms with Crippen LogP contribution in [0, 0.1) is 18.7 Å². The van der Waals surface area contributed by atoms with E-state index in [9.17, 15) is 18.8 Å². The van der Waals surface area contributed by atoms with Crippen LogP contribution in [0.15, 0.2) is 64.0 Å². The van der Waals surface area contributed by atoms with Crippen LogP contribution in [0.1, 0.15) is 57.8 Å². The molecule has 1 unspecified atom stereocenters. The third-order valence-electron chi connectivity index (χ3n) is 7.71. The smallest absolute Gasteiger partial charge is 0.250 e. The molecule has 5 rings (SSSR count). The lowest BCUT2D eigenvalue weighted by Crippen LogP contribution is -2.47. The molecule has 2 heterocycles. The molecule has 1 saturated carbocycles. The Morgan fingerprint density at radius 3 is 2.63 bits per heavy atom. The Morgan fingerprint density at radius 2 is 1.92 bits per heavy atom. The number of carbonyl (C=O) groups is 2. The van der Waals surface area contributed by atoms with Gasteiger partial charge in [-0.1, -0.05) is 28.1 Å².